The fourth-order valence-corrected chi connectivity index (χ4v) is 4.21. The van der Waals surface area contributed by atoms with Gasteiger partial charge in [-0.25, -0.2) is 0 Å². The summed E-state index contributed by atoms with van der Waals surface area (Å²) in [6.07, 6.45) is 7.27. The monoisotopic (exact) mass is 315 g/mol. The first-order valence-corrected chi connectivity index (χ1v) is 8.79. The zero-order valence-corrected chi connectivity index (χ0v) is 13.8. The van der Waals surface area contributed by atoms with Crippen molar-refractivity contribution in [2.24, 2.45) is 18.4 Å². The molecule has 1 saturated carbocycles. The first-order chi connectivity index (χ1) is 11.1. The zero-order valence-electron chi connectivity index (χ0n) is 13.8. The third-order valence-corrected chi connectivity index (χ3v) is 5.80. The van der Waals surface area contributed by atoms with Crippen LogP contribution in [0.4, 0.5) is 0 Å². The number of carbonyl (C=O) groups excluding carboxylic acids is 2. The van der Waals surface area contributed by atoms with Gasteiger partial charge in [0, 0.05) is 39.4 Å². The SMILES string of the molecule is Cn1cccc1C(=O)N1CC[C@@]2(CCCN(CC3CC3)C2=O)C1. The summed E-state index contributed by atoms with van der Waals surface area (Å²) in [6.45, 7) is 3.14. The summed E-state index contributed by atoms with van der Waals surface area (Å²) in [4.78, 5) is 29.7. The lowest BCUT2D eigenvalue weighted by molar-refractivity contribution is -0.145. The maximum absolute atomic E-state index is 13.0. The average Bonchev–Trinajstić information content (AvgIpc) is 3.08. The van der Waals surface area contributed by atoms with Gasteiger partial charge in [0.25, 0.3) is 5.91 Å². The number of nitrogens with zero attached hydrogens (tertiary/aromatic N) is 3. The van der Waals surface area contributed by atoms with Gasteiger partial charge in [0.15, 0.2) is 0 Å². The van der Waals surface area contributed by atoms with E-state index in [1.54, 1.807) is 0 Å². The Bertz CT molecular complexity index is 634. The number of piperidine rings is 1. The minimum atomic E-state index is -0.312. The zero-order chi connectivity index (χ0) is 16.0. The lowest BCUT2D eigenvalue weighted by atomic mass is 9.78. The third kappa shape index (κ3) is 2.56. The standard InChI is InChI=1S/C18H25N3O2/c1-19-9-2-4-15(19)16(22)21-11-8-18(13-21)7-3-10-20(17(18)23)12-14-5-6-14/h2,4,9,14H,3,5-8,10-13H2,1H3/t18-/m0/s1. The predicted octanol–water partition coefficient (Wildman–Crippen LogP) is 1.89. The van der Waals surface area contributed by atoms with Crippen molar-refractivity contribution < 1.29 is 9.59 Å². The molecule has 5 heteroatoms. The number of hydrogen-bond donors (Lipinski definition) is 0. The van der Waals surface area contributed by atoms with Gasteiger partial charge < -0.3 is 14.4 Å². The van der Waals surface area contributed by atoms with E-state index in [1.165, 1.54) is 12.8 Å². The average molecular weight is 315 g/mol. The smallest absolute Gasteiger partial charge is 0.270 e. The maximum atomic E-state index is 13.0. The quantitative estimate of drug-likeness (QED) is 0.855. The van der Waals surface area contributed by atoms with Crippen LogP contribution in [-0.4, -0.2) is 52.4 Å². The second-order valence-electron chi connectivity index (χ2n) is 7.56. The molecule has 0 aromatic carbocycles. The van der Waals surface area contributed by atoms with E-state index in [1.807, 2.05) is 34.8 Å². The Morgan fingerprint density at radius 1 is 1.30 bits per heavy atom. The molecule has 3 aliphatic rings. The van der Waals surface area contributed by atoms with Crippen LogP contribution in [0.3, 0.4) is 0 Å². The van der Waals surface area contributed by atoms with Crippen LogP contribution in [0.25, 0.3) is 0 Å². The Kier molecular flexibility index (Phi) is 3.47. The number of hydrogen-bond acceptors (Lipinski definition) is 2. The Balaban J connectivity index is 1.48. The largest absolute Gasteiger partial charge is 0.347 e. The van der Waals surface area contributed by atoms with Crippen molar-refractivity contribution in [2.75, 3.05) is 26.2 Å². The summed E-state index contributed by atoms with van der Waals surface area (Å²) in [5.41, 5.74) is 0.397. The van der Waals surface area contributed by atoms with Crippen molar-refractivity contribution in [3.8, 4) is 0 Å². The molecule has 1 spiro atoms. The number of aromatic nitrogens is 1. The van der Waals surface area contributed by atoms with Crippen LogP contribution < -0.4 is 0 Å². The topological polar surface area (TPSA) is 45.6 Å². The van der Waals surface area contributed by atoms with Crippen molar-refractivity contribution in [1.82, 2.24) is 14.4 Å². The fourth-order valence-electron chi connectivity index (χ4n) is 4.21. The second kappa shape index (κ2) is 5.39. The first kappa shape index (κ1) is 14.8. The van der Waals surface area contributed by atoms with Gasteiger partial charge in [-0.2, -0.15) is 0 Å². The van der Waals surface area contributed by atoms with Crippen LogP contribution in [0.15, 0.2) is 18.3 Å². The van der Waals surface area contributed by atoms with Crippen LogP contribution >= 0.6 is 0 Å². The van der Waals surface area contributed by atoms with Gasteiger partial charge in [-0.15, -0.1) is 0 Å². The molecule has 2 aliphatic heterocycles. The van der Waals surface area contributed by atoms with E-state index < -0.39 is 0 Å². The van der Waals surface area contributed by atoms with Crippen molar-refractivity contribution in [3.63, 3.8) is 0 Å². The number of rotatable bonds is 3. The highest BCUT2D eigenvalue weighted by Crippen LogP contribution is 2.42. The first-order valence-electron chi connectivity index (χ1n) is 8.79. The van der Waals surface area contributed by atoms with Gasteiger partial charge in [0.1, 0.15) is 5.69 Å². The fraction of sp³-hybridized carbons (Fsp3) is 0.667. The molecule has 3 fully saturated rings. The molecule has 0 unspecified atom stereocenters. The van der Waals surface area contributed by atoms with Crippen LogP contribution in [0, 0.1) is 11.3 Å². The van der Waals surface area contributed by atoms with E-state index in [4.69, 9.17) is 0 Å². The molecule has 0 bridgehead atoms. The minimum Gasteiger partial charge on any atom is -0.347 e. The summed E-state index contributed by atoms with van der Waals surface area (Å²) >= 11 is 0. The lowest BCUT2D eigenvalue weighted by Crippen LogP contribution is -2.51. The second-order valence-corrected chi connectivity index (χ2v) is 7.56. The predicted molar refractivity (Wildman–Crippen MR) is 86.9 cm³/mol. The molecule has 0 N–H and O–H groups in total. The van der Waals surface area contributed by atoms with Crippen molar-refractivity contribution in [2.45, 2.75) is 32.1 Å². The van der Waals surface area contributed by atoms with Gasteiger partial charge in [-0.05, 0) is 50.2 Å². The molecule has 23 heavy (non-hydrogen) atoms. The number of carbonyl (C=O) groups is 2. The highest BCUT2D eigenvalue weighted by molar-refractivity contribution is 5.94. The Hall–Kier alpha value is -1.78. The normalized spacial score (nSPS) is 28.0. The highest BCUT2D eigenvalue weighted by atomic mass is 16.2. The molecular formula is C18H25N3O2. The Labute approximate surface area is 137 Å². The summed E-state index contributed by atoms with van der Waals surface area (Å²) < 4.78 is 1.86. The van der Waals surface area contributed by atoms with Gasteiger partial charge in [-0.1, -0.05) is 0 Å². The summed E-state index contributed by atoms with van der Waals surface area (Å²) in [6, 6.07) is 3.75. The Morgan fingerprint density at radius 3 is 2.83 bits per heavy atom. The summed E-state index contributed by atoms with van der Waals surface area (Å²) in [5.74, 6) is 1.09. The molecule has 1 atom stereocenters. The van der Waals surface area contributed by atoms with Crippen molar-refractivity contribution in [1.29, 1.82) is 0 Å². The highest BCUT2D eigenvalue weighted by Gasteiger charge is 2.50. The molecule has 0 radical (unpaired) electrons. The van der Waals surface area contributed by atoms with Gasteiger partial charge in [0.05, 0.1) is 5.41 Å². The Morgan fingerprint density at radius 2 is 2.13 bits per heavy atom. The molecule has 2 amide bonds. The van der Waals surface area contributed by atoms with Crippen LogP contribution in [0.5, 0.6) is 0 Å². The molecule has 1 aromatic heterocycles. The summed E-state index contributed by atoms with van der Waals surface area (Å²) in [7, 11) is 1.89. The molecule has 4 rings (SSSR count). The van der Waals surface area contributed by atoms with Gasteiger partial charge in [0.2, 0.25) is 5.91 Å². The van der Waals surface area contributed by atoms with E-state index in [9.17, 15) is 9.59 Å². The van der Waals surface area contributed by atoms with Crippen LogP contribution in [0.2, 0.25) is 0 Å². The third-order valence-electron chi connectivity index (χ3n) is 5.80. The molecular weight excluding hydrogens is 290 g/mol. The molecule has 1 aliphatic carbocycles. The van der Waals surface area contributed by atoms with E-state index >= 15 is 0 Å². The molecule has 1 aromatic rings. The van der Waals surface area contributed by atoms with Crippen LogP contribution in [-0.2, 0) is 11.8 Å². The number of likely N-dealkylation sites (tertiary alicyclic amines) is 2. The molecule has 3 heterocycles. The van der Waals surface area contributed by atoms with Crippen molar-refractivity contribution in [3.05, 3.63) is 24.0 Å². The van der Waals surface area contributed by atoms with E-state index in [0.717, 1.165) is 38.3 Å². The lowest BCUT2D eigenvalue weighted by Gasteiger charge is -2.39. The van der Waals surface area contributed by atoms with Gasteiger partial charge in [-0.3, -0.25) is 9.59 Å². The molecule has 2 saturated heterocycles. The van der Waals surface area contributed by atoms with E-state index in [2.05, 4.69) is 4.90 Å². The summed E-state index contributed by atoms with van der Waals surface area (Å²) in [5, 5.41) is 0. The van der Waals surface area contributed by atoms with E-state index in [-0.39, 0.29) is 11.3 Å². The maximum Gasteiger partial charge on any atom is 0.270 e. The number of amides is 2. The minimum absolute atomic E-state index is 0.0569. The van der Waals surface area contributed by atoms with Gasteiger partial charge >= 0.3 is 0 Å². The van der Waals surface area contributed by atoms with Crippen molar-refractivity contribution >= 4 is 11.8 Å². The molecule has 5 nitrogen and oxygen atoms in total. The number of aryl methyl sites for hydroxylation is 1. The van der Waals surface area contributed by atoms with E-state index in [0.29, 0.717) is 24.7 Å². The van der Waals surface area contributed by atoms with Crippen LogP contribution in [0.1, 0.15) is 42.6 Å². The molecule has 124 valence electrons.